The second kappa shape index (κ2) is 33.0. The summed E-state index contributed by atoms with van der Waals surface area (Å²) in [6.45, 7) is 20.4. The van der Waals surface area contributed by atoms with Crippen LogP contribution in [0.4, 0.5) is 132 Å². The van der Waals surface area contributed by atoms with E-state index in [2.05, 4.69) is 53.7 Å². The molecule has 0 bridgehead atoms. The molecule has 0 saturated carbocycles. The monoisotopic (exact) mass is 1560 g/mol. The fourth-order valence-electron chi connectivity index (χ4n) is 11.6. The maximum atomic E-state index is 16.5. The van der Waals surface area contributed by atoms with E-state index in [-0.39, 0.29) is 16.2 Å². The minimum Gasteiger partial charge on any atom is -0.718 e. The Morgan fingerprint density at radius 3 is 0.689 bits per heavy atom. The fourth-order valence-corrected chi connectivity index (χ4v) is 11.6. The van der Waals surface area contributed by atoms with Gasteiger partial charge < -0.3 is 34.1 Å². The van der Waals surface area contributed by atoms with Crippen molar-refractivity contribution in [3.05, 3.63) is 203 Å². The number of quaternary nitrogens is 2. The molecular weight excluding hydrogens is 1520 g/mol. The van der Waals surface area contributed by atoms with Crippen LogP contribution < -0.4 is 42.8 Å². The summed E-state index contributed by atoms with van der Waals surface area (Å²) in [5, 5.41) is 8.91. The second-order valence-electron chi connectivity index (χ2n) is 24.5. The van der Waals surface area contributed by atoms with E-state index in [0.717, 1.165) is 30.8 Å². The van der Waals surface area contributed by atoms with Gasteiger partial charge in [-0.05, 0) is 22.5 Å². The fraction of sp³-hybridized carbons (Fsp3) is 0.323. The van der Waals surface area contributed by atoms with Crippen molar-refractivity contribution in [1.82, 2.24) is 0 Å². The number of phenols is 1. The van der Waals surface area contributed by atoms with Crippen LogP contribution in [0.1, 0.15) is 58.2 Å². The first kappa shape index (κ1) is 84.6. The molecule has 0 radical (unpaired) electrons. The topological polar surface area (TPSA) is 78.2 Å². The Morgan fingerprint density at radius 1 is 0.320 bits per heavy atom. The molecule has 1 aliphatic rings. The lowest BCUT2D eigenvalue weighted by molar-refractivity contribution is -0.914. The van der Waals surface area contributed by atoms with Crippen LogP contribution in [0.2, 0.25) is 0 Å². The number of phenolic OH excluding ortho intramolecular Hbond substituents is 1. The summed E-state index contributed by atoms with van der Waals surface area (Å²) < 4.78 is 492. The number of benzene rings is 7. The second-order valence-corrected chi connectivity index (χ2v) is 25.3. The van der Waals surface area contributed by atoms with Crippen molar-refractivity contribution in [2.24, 2.45) is 0 Å². The highest BCUT2D eigenvalue weighted by molar-refractivity contribution is 7.15. The number of nitrogens with one attached hydrogen (secondary N) is 1. The lowest BCUT2D eigenvalue weighted by atomic mass is 9.13. The summed E-state index contributed by atoms with van der Waals surface area (Å²) in [7, 11) is 0. The van der Waals surface area contributed by atoms with Gasteiger partial charge in [0.25, 0.3) is 12.6 Å². The van der Waals surface area contributed by atoms with Crippen molar-refractivity contribution >= 4 is 68.5 Å². The largest absolute Gasteiger partial charge is 0.718 e. The van der Waals surface area contributed by atoms with Crippen LogP contribution in [0.15, 0.2) is 12.1 Å². The van der Waals surface area contributed by atoms with Gasteiger partial charge in [-0.25, -0.2) is 132 Å². The van der Waals surface area contributed by atoms with E-state index in [4.69, 9.17) is 42.1 Å². The average molecular weight is 1560 g/mol. The van der Waals surface area contributed by atoms with Gasteiger partial charge in [-0.3, -0.25) is 0 Å². The van der Waals surface area contributed by atoms with E-state index in [1.807, 2.05) is 0 Å². The summed E-state index contributed by atoms with van der Waals surface area (Å²) in [6.07, 6.45) is -16.4. The molecule has 4 N–H and O–H groups in total. The molecule has 7 nitrogen and oxygen atoms in total. The van der Waals surface area contributed by atoms with Crippen LogP contribution in [0, 0.1) is 175 Å². The molecule has 0 aliphatic carbocycles. The number of ether oxygens (including phenoxy) is 4. The first-order valence-corrected chi connectivity index (χ1v) is 30.3. The molecule has 0 unspecified atom stereocenters. The maximum absolute atomic E-state index is 16.5. The minimum absolute atomic E-state index is 0.0150. The van der Waals surface area contributed by atoms with Crippen LogP contribution in [-0.2, 0) is 36.3 Å². The third kappa shape index (κ3) is 15.7. The molecule has 7 aromatic rings. The molecule has 0 aromatic heterocycles. The van der Waals surface area contributed by atoms with E-state index in [1.54, 1.807) is 0 Å². The number of aromatic hydroxyl groups is 1. The minimum atomic E-state index is -8.20. The van der Waals surface area contributed by atoms with E-state index >= 15 is 105 Å². The molecule has 1 fully saturated rings. The van der Waals surface area contributed by atoms with Crippen molar-refractivity contribution in [2.45, 2.75) is 58.9 Å². The number of rotatable bonds is 10. The van der Waals surface area contributed by atoms with Gasteiger partial charge in [0.05, 0.1) is 58.2 Å². The van der Waals surface area contributed by atoms with Crippen molar-refractivity contribution in [1.29, 1.82) is 0 Å². The average Bonchev–Trinajstić information content (AvgIpc) is 0.675. The van der Waals surface area contributed by atoms with Crippen LogP contribution in [0.3, 0.4) is 0 Å². The Balaban J connectivity index is 0.000000407. The number of nitrogens with two attached hydrogens (primary N) is 1. The summed E-state index contributed by atoms with van der Waals surface area (Å²) in [5.74, 6) is -121. The van der Waals surface area contributed by atoms with Gasteiger partial charge in [0.15, 0.2) is 105 Å². The Kier molecular flexibility index (Phi) is 27.1. The summed E-state index contributed by atoms with van der Waals surface area (Å²) in [4.78, 5) is 1.33. The summed E-state index contributed by atoms with van der Waals surface area (Å²) in [5.41, 5.74) is -22.0. The molecule has 1 aliphatic heterocycles. The number of hydrogen-bond acceptors (Lipinski definition) is 5. The number of hydrogen-bond donors (Lipinski definition) is 3. The number of alkyl halides is 2. The quantitative estimate of drug-likeness (QED) is 0.0418. The molecule has 8 rings (SSSR count). The Labute approximate surface area is 572 Å². The smallest absolute Gasteiger partial charge is 0.266 e. The highest BCUT2D eigenvalue weighted by Crippen LogP contribution is 2.38. The number of halogens is 32. The maximum Gasteiger partial charge on any atom is 0.266 e. The van der Waals surface area contributed by atoms with Crippen LogP contribution in [0.5, 0.6) is 5.75 Å². The van der Waals surface area contributed by atoms with E-state index in [1.165, 1.54) is 10.5 Å². The van der Waals surface area contributed by atoms with Crippen LogP contribution in [0.25, 0.3) is 0 Å². The highest BCUT2D eigenvalue weighted by Gasteiger charge is 2.60. The molecule has 1 heterocycles. The van der Waals surface area contributed by atoms with E-state index < -0.39 is 225 Å². The molecule has 0 atom stereocenters. The highest BCUT2D eigenvalue weighted by atomic mass is 35.5. The molecule has 0 amide bonds. The molecule has 103 heavy (non-hydrogen) atoms. The predicted molar refractivity (Wildman–Crippen MR) is 308 cm³/mol. The zero-order chi connectivity index (χ0) is 78.1. The molecule has 566 valence electrons. The van der Waals surface area contributed by atoms with E-state index in [9.17, 15) is 31.4 Å². The van der Waals surface area contributed by atoms with Crippen molar-refractivity contribution in [3.63, 3.8) is 0 Å². The molecule has 1 saturated heterocycles. The van der Waals surface area contributed by atoms with Crippen molar-refractivity contribution < 1.29 is 166 Å². The molecule has 0 spiro atoms. The van der Waals surface area contributed by atoms with E-state index in [0.29, 0.717) is 58.6 Å². The Hall–Kier alpha value is -7.29. The lowest BCUT2D eigenvalue weighted by Gasteiger charge is -2.54. The predicted octanol–water partition coefficient (Wildman–Crippen LogP) is 10.9. The first-order valence-electron chi connectivity index (χ1n) is 29.2. The first-order chi connectivity index (χ1) is 47.8. The van der Waals surface area contributed by atoms with Crippen LogP contribution in [-0.4, -0.2) is 89.0 Å². The van der Waals surface area contributed by atoms with Gasteiger partial charge in [-0.1, -0.05) is 80.4 Å². The van der Waals surface area contributed by atoms with Gasteiger partial charge in [0.1, 0.15) is 95.2 Å². The summed E-state index contributed by atoms with van der Waals surface area (Å²) in [6, 6.07) is 4.35. The zero-order valence-corrected chi connectivity index (χ0v) is 54.6. The van der Waals surface area contributed by atoms with Gasteiger partial charge in [-0.2, -0.15) is 0 Å². The third-order valence-corrected chi connectivity index (χ3v) is 16.4. The summed E-state index contributed by atoms with van der Waals surface area (Å²) >= 11 is 9.53. The Morgan fingerprint density at radius 2 is 0.505 bits per heavy atom. The zero-order valence-electron chi connectivity index (χ0n) is 53.0. The van der Waals surface area contributed by atoms with Crippen molar-refractivity contribution in [3.8, 4) is 5.75 Å². The van der Waals surface area contributed by atoms with Gasteiger partial charge in [0, 0.05) is 11.1 Å². The standard InChI is InChI=1S/C36H2B2F30N.C25H43NO5.CH2Cl2/c39-7-1(8(40)20(52)31(63)19(7)51)37(2-9(41)21(53)32(64)22(54)10(2)42,3-11(43)23(55)33(65)24(56)12(3)44)69-38(4-13(45)25(57)34(66)26(58)14(4)46,5-15(47)27(59)35(67)28(60)16(5)48)6-17(49)29(61)36(68)30(62)18(6)50;1-24(2,3)21-17-20(23(27)22(18-21)25(4,5)6)19-26-7-9-28-11-13-30-15-16-31-14-12-29-10-8-26;2-1-3/h69H2;17-18,27H,7-16,19H2,1-6H3;1H2/q-1;;/p+1. The van der Waals surface area contributed by atoms with Gasteiger partial charge in [-0.15, -0.1) is 23.2 Å². The molecular formula is C62H48B2Cl2F30N2O5. The lowest BCUT2D eigenvalue weighted by Crippen LogP contribution is -3.26. The third-order valence-electron chi connectivity index (χ3n) is 16.4. The molecule has 41 heteroatoms. The normalized spacial score (nSPS) is 14.3. The van der Waals surface area contributed by atoms with Gasteiger partial charge >= 0.3 is 0 Å². The van der Waals surface area contributed by atoms with Gasteiger partial charge in [0.2, 0.25) is 0 Å². The Bertz CT molecular complexity index is 3670. The van der Waals surface area contributed by atoms with Crippen molar-refractivity contribution in [2.75, 3.05) is 71.3 Å². The SMILES string of the molecule is CC(C)(C)c1cc(C[NH+]2CCOCCOCCOCCOCC2)c(O)c(C(C)(C)C)c1.ClCCl.Fc1c(F)c(F)c([B-]([NH2+][B-](c2c(F)c(F)c(F)c(F)c2F)(c2c(F)c(F)c(F)c(F)c2F)c2c(F)c(F)c(F)c(F)c2F)(c2c(F)c(F)c(F)c(F)c2F)c2c(F)c(F)c(F)c(F)c2F)c(F)c1F. The van der Waals surface area contributed by atoms with Crippen LogP contribution >= 0.6 is 23.2 Å². The molecule has 7 aromatic carbocycles.